The second-order valence-electron chi connectivity index (χ2n) is 14.4. The molecule has 2 aromatic heterocycles. The van der Waals surface area contributed by atoms with Gasteiger partial charge in [0.1, 0.15) is 23.3 Å². The number of aryl methyl sites for hydroxylation is 2. The van der Waals surface area contributed by atoms with Crippen molar-refractivity contribution in [1.82, 2.24) is 9.13 Å². The van der Waals surface area contributed by atoms with Gasteiger partial charge in [-0.1, -0.05) is 60.7 Å². The maximum Gasteiger partial charge on any atom is 0.133 e. The summed E-state index contributed by atoms with van der Waals surface area (Å²) in [6.45, 7) is 4.26. The first kappa shape index (κ1) is 33.6. The summed E-state index contributed by atoms with van der Waals surface area (Å²) in [5.74, 6) is -2.38. The van der Waals surface area contributed by atoms with Gasteiger partial charge in [-0.05, 0) is 132 Å². The van der Waals surface area contributed by atoms with E-state index in [1.807, 2.05) is 60.7 Å². The smallest absolute Gasteiger partial charge is 0.133 e. The lowest BCUT2D eigenvalue weighted by Crippen LogP contribution is -1.98. The van der Waals surface area contributed by atoms with Gasteiger partial charge in [0.25, 0.3) is 0 Å². The van der Waals surface area contributed by atoms with Crippen molar-refractivity contribution in [1.29, 1.82) is 0 Å². The van der Waals surface area contributed by atoms with Gasteiger partial charge in [0, 0.05) is 56.2 Å². The summed E-state index contributed by atoms with van der Waals surface area (Å²) in [6.07, 6.45) is 0. The highest BCUT2D eigenvalue weighted by Gasteiger charge is 2.18. The third kappa shape index (κ3) is 5.32. The van der Waals surface area contributed by atoms with Gasteiger partial charge in [0.05, 0.1) is 22.1 Å². The SMILES string of the molecule is Cc1cc(-n2c3ccccc3c3cc(-c4ccc(F)cc4F)ccc32)ccc1-c1ccc(-n2c3ccccc3c3cc(-c4ccc(F)cc4F)ccc32)cc1C. The zero-order valence-electron chi connectivity index (χ0n) is 30.4. The van der Waals surface area contributed by atoms with Crippen molar-refractivity contribution >= 4 is 43.6 Å². The van der Waals surface area contributed by atoms with Crippen LogP contribution in [0.4, 0.5) is 17.6 Å². The van der Waals surface area contributed by atoms with E-state index in [1.54, 1.807) is 0 Å². The number of para-hydroxylation sites is 2. The highest BCUT2D eigenvalue weighted by atomic mass is 19.1. The van der Waals surface area contributed by atoms with Crippen LogP contribution in [-0.4, -0.2) is 9.13 Å². The molecule has 0 aliphatic heterocycles. The molecular weight excluding hydrogens is 705 g/mol. The van der Waals surface area contributed by atoms with Gasteiger partial charge in [-0.3, -0.25) is 0 Å². The van der Waals surface area contributed by atoms with Crippen molar-refractivity contribution in [3.63, 3.8) is 0 Å². The maximum atomic E-state index is 14.8. The summed E-state index contributed by atoms with van der Waals surface area (Å²) in [5, 5.41) is 4.06. The zero-order valence-corrected chi connectivity index (χ0v) is 30.4. The van der Waals surface area contributed by atoms with E-state index in [4.69, 9.17) is 0 Å². The maximum absolute atomic E-state index is 14.8. The molecule has 0 N–H and O–H groups in total. The topological polar surface area (TPSA) is 9.86 Å². The first-order valence-electron chi connectivity index (χ1n) is 18.4. The Labute approximate surface area is 320 Å². The Morgan fingerprint density at radius 2 is 0.732 bits per heavy atom. The largest absolute Gasteiger partial charge is 0.309 e. The third-order valence-electron chi connectivity index (χ3n) is 11.1. The van der Waals surface area contributed by atoms with E-state index in [9.17, 15) is 17.6 Å². The summed E-state index contributed by atoms with van der Waals surface area (Å²) in [4.78, 5) is 0. The average molecular weight is 737 g/mol. The molecule has 0 amide bonds. The van der Waals surface area contributed by atoms with E-state index in [0.717, 1.165) is 89.4 Å². The van der Waals surface area contributed by atoms with Crippen LogP contribution in [-0.2, 0) is 0 Å². The monoisotopic (exact) mass is 736 g/mol. The molecule has 0 bridgehead atoms. The van der Waals surface area contributed by atoms with Gasteiger partial charge in [-0.2, -0.15) is 0 Å². The Morgan fingerprint density at radius 3 is 1.14 bits per heavy atom. The Kier molecular flexibility index (Phi) is 7.72. The average Bonchev–Trinajstić information content (AvgIpc) is 3.70. The molecule has 6 heteroatoms. The van der Waals surface area contributed by atoms with E-state index >= 15 is 0 Å². The van der Waals surface area contributed by atoms with Crippen LogP contribution in [0.2, 0.25) is 0 Å². The molecule has 0 aliphatic rings. The first-order valence-corrected chi connectivity index (χ1v) is 18.4. The van der Waals surface area contributed by atoms with Crippen LogP contribution in [0.5, 0.6) is 0 Å². The number of hydrogen-bond acceptors (Lipinski definition) is 0. The molecule has 0 atom stereocenters. The summed E-state index contributed by atoms with van der Waals surface area (Å²) >= 11 is 0. The van der Waals surface area contributed by atoms with Gasteiger partial charge < -0.3 is 9.13 Å². The molecule has 10 aromatic rings. The summed E-state index contributed by atoms with van der Waals surface area (Å²) in [7, 11) is 0. The van der Waals surface area contributed by atoms with E-state index in [0.29, 0.717) is 22.3 Å². The summed E-state index contributed by atoms with van der Waals surface area (Å²) in [6, 6.07) is 48.6. The highest BCUT2D eigenvalue weighted by Crippen LogP contribution is 2.39. The van der Waals surface area contributed by atoms with E-state index in [2.05, 4.69) is 83.6 Å². The molecule has 56 heavy (non-hydrogen) atoms. The van der Waals surface area contributed by atoms with Crippen LogP contribution in [0.1, 0.15) is 11.1 Å². The molecule has 0 fully saturated rings. The van der Waals surface area contributed by atoms with Crippen molar-refractivity contribution in [2.24, 2.45) is 0 Å². The number of benzene rings is 8. The predicted molar refractivity (Wildman–Crippen MR) is 221 cm³/mol. The second-order valence-corrected chi connectivity index (χ2v) is 14.4. The first-order chi connectivity index (χ1) is 27.2. The molecule has 2 heterocycles. The van der Waals surface area contributed by atoms with E-state index in [-0.39, 0.29) is 0 Å². The van der Waals surface area contributed by atoms with Crippen molar-refractivity contribution in [3.05, 3.63) is 192 Å². The molecule has 2 nitrogen and oxygen atoms in total. The Hall–Kier alpha value is -6.92. The summed E-state index contributed by atoms with van der Waals surface area (Å²) in [5.41, 5.74) is 12.7. The Balaban J connectivity index is 1.04. The Bertz CT molecular complexity index is 3010. The van der Waals surface area contributed by atoms with Crippen LogP contribution in [0.3, 0.4) is 0 Å². The lowest BCUT2D eigenvalue weighted by atomic mass is 9.95. The molecule has 0 radical (unpaired) electrons. The molecular formula is C50H32F4N2. The highest BCUT2D eigenvalue weighted by molar-refractivity contribution is 6.11. The van der Waals surface area contributed by atoms with Crippen LogP contribution < -0.4 is 0 Å². The van der Waals surface area contributed by atoms with Crippen LogP contribution in [0.25, 0.3) is 88.4 Å². The van der Waals surface area contributed by atoms with Gasteiger partial charge in [0.2, 0.25) is 0 Å². The third-order valence-corrected chi connectivity index (χ3v) is 11.1. The molecule has 0 saturated carbocycles. The Morgan fingerprint density at radius 1 is 0.339 bits per heavy atom. The van der Waals surface area contributed by atoms with E-state index < -0.39 is 23.3 Å². The lowest BCUT2D eigenvalue weighted by Gasteiger charge is -2.16. The zero-order chi connectivity index (χ0) is 38.2. The van der Waals surface area contributed by atoms with Crippen LogP contribution in [0.15, 0.2) is 158 Å². The van der Waals surface area contributed by atoms with Crippen LogP contribution in [0, 0.1) is 37.1 Å². The molecule has 0 spiro atoms. The van der Waals surface area contributed by atoms with Gasteiger partial charge >= 0.3 is 0 Å². The minimum absolute atomic E-state index is 0.359. The molecule has 0 aliphatic carbocycles. The fourth-order valence-corrected chi connectivity index (χ4v) is 8.46. The fourth-order valence-electron chi connectivity index (χ4n) is 8.46. The molecule has 10 rings (SSSR count). The minimum Gasteiger partial charge on any atom is -0.309 e. The summed E-state index contributed by atoms with van der Waals surface area (Å²) < 4.78 is 61.5. The fraction of sp³-hybridized carbons (Fsp3) is 0.0400. The van der Waals surface area contributed by atoms with Gasteiger partial charge in [0.15, 0.2) is 0 Å². The molecule has 0 saturated heterocycles. The van der Waals surface area contributed by atoms with Crippen molar-refractivity contribution in [3.8, 4) is 44.8 Å². The van der Waals surface area contributed by atoms with Gasteiger partial charge in [-0.25, -0.2) is 17.6 Å². The van der Waals surface area contributed by atoms with Crippen molar-refractivity contribution in [2.45, 2.75) is 13.8 Å². The number of aromatic nitrogens is 2. The number of hydrogen-bond donors (Lipinski definition) is 0. The van der Waals surface area contributed by atoms with Crippen molar-refractivity contribution < 1.29 is 17.6 Å². The lowest BCUT2D eigenvalue weighted by molar-refractivity contribution is 0.585. The van der Waals surface area contributed by atoms with Crippen LogP contribution >= 0.6 is 0 Å². The predicted octanol–water partition coefficient (Wildman–Crippen LogP) is 14.1. The number of fused-ring (bicyclic) bond motifs is 6. The van der Waals surface area contributed by atoms with Gasteiger partial charge in [-0.15, -0.1) is 0 Å². The molecule has 8 aromatic carbocycles. The normalized spacial score (nSPS) is 11.8. The molecule has 0 unspecified atom stereocenters. The molecule has 270 valence electrons. The number of halogens is 4. The van der Waals surface area contributed by atoms with Crippen molar-refractivity contribution in [2.75, 3.05) is 0 Å². The quantitative estimate of drug-likeness (QED) is 0.156. The van der Waals surface area contributed by atoms with E-state index in [1.165, 1.54) is 24.3 Å². The minimum atomic E-state index is -0.601. The number of nitrogens with zero attached hydrogens (tertiary/aromatic N) is 2. The standard InChI is InChI=1S/C50H32F4N2/c1-29-23-35(55-47-9-5-3-7-41(47)43-25-31(11-21-49(43)55)39-17-13-33(51)27-45(39)53)15-19-37(29)38-20-16-36(24-30(38)2)56-48-10-6-4-8-42(48)44-26-32(12-22-50(44)56)40-18-14-34(52)28-46(40)54/h3-28H,1-2H3. The number of rotatable bonds is 5. The second kappa shape index (κ2) is 12.8.